The highest BCUT2D eigenvalue weighted by atomic mass is 127. The smallest absolute Gasteiger partial charge is 0.256 e. The molecule has 0 bridgehead atoms. The molecule has 3 N–H and O–H groups in total. The number of nitrogens with one attached hydrogen (secondary N) is 1. The largest absolute Gasteiger partial charge is 0.397 e. The van der Waals surface area contributed by atoms with Crippen molar-refractivity contribution in [3.63, 3.8) is 0 Å². The number of halogens is 3. The number of rotatable bonds is 2. The van der Waals surface area contributed by atoms with Gasteiger partial charge in [-0.1, -0.05) is 11.6 Å². The topological polar surface area (TPSA) is 55.1 Å². The maximum atomic E-state index is 13.1. The molecule has 0 fully saturated rings. The predicted octanol–water partition coefficient (Wildman–Crippen LogP) is 3.92. The monoisotopic (exact) mass is 390 g/mol. The third kappa shape index (κ3) is 3.36. The summed E-state index contributed by atoms with van der Waals surface area (Å²) in [6, 6.07) is 8.77. The minimum atomic E-state index is -0.467. The van der Waals surface area contributed by atoms with Crippen LogP contribution in [0, 0.1) is 9.39 Å². The number of benzene rings is 2. The number of carbonyl (C=O) groups is 1. The molecule has 0 saturated heterocycles. The molecule has 1 amide bonds. The zero-order valence-electron chi connectivity index (χ0n) is 9.58. The molecule has 0 aliphatic heterocycles. The summed E-state index contributed by atoms with van der Waals surface area (Å²) in [7, 11) is 0. The normalized spacial score (nSPS) is 10.3. The third-order valence-corrected chi connectivity index (χ3v) is 3.61. The Morgan fingerprint density at radius 2 is 2.00 bits per heavy atom. The lowest BCUT2D eigenvalue weighted by Crippen LogP contribution is -2.14. The molecule has 0 spiro atoms. The number of nitrogen functional groups attached to an aromatic ring is 1. The molecule has 6 heteroatoms. The Labute approximate surface area is 128 Å². The number of anilines is 2. The van der Waals surface area contributed by atoms with Crippen LogP contribution in [0.3, 0.4) is 0 Å². The molecule has 19 heavy (non-hydrogen) atoms. The highest BCUT2D eigenvalue weighted by Crippen LogP contribution is 2.23. The molecule has 0 aliphatic carbocycles. The van der Waals surface area contributed by atoms with Crippen LogP contribution in [0.15, 0.2) is 36.4 Å². The molecule has 2 aromatic rings. The number of amides is 1. The van der Waals surface area contributed by atoms with Crippen LogP contribution < -0.4 is 11.1 Å². The fraction of sp³-hybridized carbons (Fsp3) is 0. The second kappa shape index (κ2) is 5.75. The summed E-state index contributed by atoms with van der Waals surface area (Å²) in [6.45, 7) is 0. The van der Waals surface area contributed by atoms with Crippen molar-refractivity contribution in [2.24, 2.45) is 0 Å². The van der Waals surface area contributed by atoms with E-state index < -0.39 is 5.82 Å². The van der Waals surface area contributed by atoms with E-state index in [1.54, 1.807) is 18.2 Å². The molecular weight excluding hydrogens is 382 g/mol. The van der Waals surface area contributed by atoms with Crippen LogP contribution >= 0.6 is 34.2 Å². The fourth-order valence-electron chi connectivity index (χ4n) is 1.50. The van der Waals surface area contributed by atoms with Crippen molar-refractivity contribution in [2.45, 2.75) is 0 Å². The van der Waals surface area contributed by atoms with Crippen LogP contribution in [0.1, 0.15) is 10.4 Å². The van der Waals surface area contributed by atoms with Gasteiger partial charge in [0.05, 0.1) is 16.9 Å². The van der Waals surface area contributed by atoms with E-state index in [-0.39, 0.29) is 11.6 Å². The third-order valence-electron chi connectivity index (χ3n) is 2.44. The zero-order valence-corrected chi connectivity index (χ0v) is 12.5. The van der Waals surface area contributed by atoms with Gasteiger partial charge in [-0.2, -0.15) is 0 Å². The second-order valence-corrected chi connectivity index (χ2v) is 5.41. The fourth-order valence-corrected chi connectivity index (χ4v) is 2.25. The van der Waals surface area contributed by atoms with Crippen molar-refractivity contribution in [3.8, 4) is 0 Å². The lowest BCUT2D eigenvalue weighted by atomic mass is 10.2. The van der Waals surface area contributed by atoms with Gasteiger partial charge in [0.15, 0.2) is 0 Å². The van der Waals surface area contributed by atoms with Gasteiger partial charge in [0, 0.05) is 8.59 Å². The molecule has 0 atom stereocenters. The second-order valence-electron chi connectivity index (χ2n) is 3.81. The van der Waals surface area contributed by atoms with Gasteiger partial charge >= 0.3 is 0 Å². The van der Waals surface area contributed by atoms with Crippen LogP contribution in [0.5, 0.6) is 0 Å². The number of hydrogen-bond donors (Lipinski definition) is 2. The predicted molar refractivity (Wildman–Crippen MR) is 82.9 cm³/mol. The van der Waals surface area contributed by atoms with E-state index in [9.17, 15) is 9.18 Å². The minimum absolute atomic E-state index is 0.237. The Bertz CT molecular complexity index is 649. The molecular formula is C13H9ClFIN2O. The summed E-state index contributed by atoms with van der Waals surface area (Å²) >= 11 is 7.88. The van der Waals surface area contributed by atoms with Gasteiger partial charge in [-0.25, -0.2) is 4.39 Å². The standard InChI is InChI=1S/C13H9ClFIN2O/c14-7-1-3-10(16)9(5-7)13(19)18-12-6-8(15)2-4-11(12)17/h1-6H,17H2,(H,18,19). The summed E-state index contributed by atoms with van der Waals surface area (Å²) < 4.78 is 13.9. The van der Waals surface area contributed by atoms with E-state index in [0.29, 0.717) is 16.3 Å². The Morgan fingerprint density at radius 1 is 1.26 bits per heavy atom. The lowest BCUT2D eigenvalue weighted by molar-refractivity contribution is 0.102. The number of nitrogens with two attached hydrogens (primary N) is 1. The lowest BCUT2D eigenvalue weighted by Gasteiger charge is -2.09. The number of carbonyl (C=O) groups excluding carboxylic acids is 1. The average molecular weight is 391 g/mol. The molecule has 0 aliphatic rings. The molecule has 0 radical (unpaired) electrons. The SMILES string of the molecule is Nc1ccc(F)cc1NC(=O)c1cc(Cl)ccc1I. The van der Waals surface area contributed by atoms with Gasteiger partial charge in [0.25, 0.3) is 5.91 Å². The van der Waals surface area contributed by atoms with Gasteiger partial charge in [0.2, 0.25) is 0 Å². The van der Waals surface area contributed by atoms with Crippen molar-refractivity contribution in [3.05, 3.63) is 56.4 Å². The van der Waals surface area contributed by atoms with Crippen LogP contribution in [-0.2, 0) is 0 Å². The summed E-state index contributed by atoms with van der Waals surface area (Å²) in [5.74, 6) is -0.852. The van der Waals surface area contributed by atoms with E-state index in [0.717, 1.165) is 3.57 Å². The molecule has 0 aromatic heterocycles. The Morgan fingerprint density at radius 3 is 2.74 bits per heavy atom. The quantitative estimate of drug-likeness (QED) is 0.603. The first-order chi connectivity index (χ1) is 8.97. The van der Waals surface area contributed by atoms with Crippen LogP contribution in [0.4, 0.5) is 15.8 Å². The molecule has 0 unspecified atom stereocenters. The van der Waals surface area contributed by atoms with Gasteiger partial charge in [-0.05, 0) is 59.0 Å². The van der Waals surface area contributed by atoms with E-state index in [1.807, 2.05) is 22.6 Å². The van der Waals surface area contributed by atoms with E-state index in [1.165, 1.54) is 18.2 Å². The molecule has 2 rings (SSSR count). The van der Waals surface area contributed by atoms with Crippen molar-refractivity contribution >= 4 is 51.5 Å². The summed E-state index contributed by atoms with van der Waals surface area (Å²) in [6.07, 6.45) is 0. The molecule has 2 aromatic carbocycles. The van der Waals surface area contributed by atoms with Crippen LogP contribution in [0.25, 0.3) is 0 Å². The summed E-state index contributed by atoms with van der Waals surface area (Å²) in [5.41, 5.74) is 6.62. The average Bonchev–Trinajstić information content (AvgIpc) is 2.36. The molecule has 0 heterocycles. The Kier molecular flexibility index (Phi) is 4.26. The number of hydrogen-bond acceptors (Lipinski definition) is 2. The van der Waals surface area contributed by atoms with Gasteiger partial charge < -0.3 is 11.1 Å². The van der Waals surface area contributed by atoms with E-state index in [4.69, 9.17) is 17.3 Å². The maximum absolute atomic E-state index is 13.1. The first-order valence-corrected chi connectivity index (χ1v) is 6.74. The van der Waals surface area contributed by atoms with Gasteiger partial charge in [-0.3, -0.25) is 4.79 Å². The molecule has 0 saturated carbocycles. The zero-order chi connectivity index (χ0) is 14.0. The maximum Gasteiger partial charge on any atom is 0.256 e. The van der Waals surface area contributed by atoms with Crippen molar-refractivity contribution in [1.82, 2.24) is 0 Å². The van der Waals surface area contributed by atoms with Crippen LogP contribution in [0.2, 0.25) is 5.02 Å². The summed E-state index contributed by atoms with van der Waals surface area (Å²) in [5, 5.41) is 3.02. The first kappa shape index (κ1) is 14.1. The van der Waals surface area contributed by atoms with E-state index >= 15 is 0 Å². The van der Waals surface area contributed by atoms with Gasteiger partial charge in [0.1, 0.15) is 5.82 Å². The van der Waals surface area contributed by atoms with Crippen molar-refractivity contribution in [1.29, 1.82) is 0 Å². The van der Waals surface area contributed by atoms with Crippen LogP contribution in [-0.4, -0.2) is 5.91 Å². The van der Waals surface area contributed by atoms with Crippen molar-refractivity contribution in [2.75, 3.05) is 11.1 Å². The first-order valence-electron chi connectivity index (χ1n) is 5.29. The van der Waals surface area contributed by atoms with Crippen molar-refractivity contribution < 1.29 is 9.18 Å². The Balaban J connectivity index is 2.30. The van der Waals surface area contributed by atoms with E-state index in [2.05, 4.69) is 5.32 Å². The van der Waals surface area contributed by atoms with Gasteiger partial charge in [-0.15, -0.1) is 0 Å². The highest BCUT2D eigenvalue weighted by molar-refractivity contribution is 14.1. The highest BCUT2D eigenvalue weighted by Gasteiger charge is 2.12. The Hall–Kier alpha value is -1.34. The summed E-state index contributed by atoms with van der Waals surface area (Å²) in [4.78, 5) is 12.1. The molecule has 3 nitrogen and oxygen atoms in total. The molecule has 98 valence electrons. The minimum Gasteiger partial charge on any atom is -0.397 e.